The van der Waals surface area contributed by atoms with Crippen LogP contribution in [-0.4, -0.2) is 34.1 Å². The maximum absolute atomic E-state index is 11.8. The van der Waals surface area contributed by atoms with E-state index in [4.69, 9.17) is 5.73 Å². The van der Waals surface area contributed by atoms with Crippen molar-refractivity contribution in [3.63, 3.8) is 0 Å². The van der Waals surface area contributed by atoms with Crippen LogP contribution < -0.4 is 10.7 Å². The standard InChI is InChI=1S/C14H17N5O/c15-13(20)19(18-8-4-1-5-9-18)14-16-10-11-6-2-3-7-12(11)17-14/h2-3,6-7,10H,1,4-5,8-9H2,(H2,15,20). The molecule has 1 aromatic heterocycles. The third-order valence-corrected chi connectivity index (χ3v) is 3.49. The summed E-state index contributed by atoms with van der Waals surface area (Å²) in [6, 6.07) is 7.14. The molecule has 1 aliphatic heterocycles. The highest BCUT2D eigenvalue weighted by Crippen LogP contribution is 2.19. The van der Waals surface area contributed by atoms with Gasteiger partial charge in [-0.25, -0.2) is 19.8 Å². The Balaban J connectivity index is 1.98. The summed E-state index contributed by atoms with van der Waals surface area (Å²) in [5.41, 5.74) is 6.32. The molecule has 0 atom stereocenters. The number of rotatable bonds is 2. The molecular weight excluding hydrogens is 254 g/mol. The van der Waals surface area contributed by atoms with Crippen LogP contribution in [0.1, 0.15) is 19.3 Å². The fraction of sp³-hybridized carbons (Fsp3) is 0.357. The minimum absolute atomic E-state index is 0.345. The lowest BCUT2D eigenvalue weighted by Crippen LogP contribution is -2.52. The highest BCUT2D eigenvalue weighted by Gasteiger charge is 2.25. The fourth-order valence-corrected chi connectivity index (χ4v) is 2.51. The number of urea groups is 1. The number of carbonyl (C=O) groups excluding carboxylic acids is 1. The van der Waals surface area contributed by atoms with E-state index in [-0.39, 0.29) is 0 Å². The summed E-state index contributed by atoms with van der Waals surface area (Å²) < 4.78 is 0. The Labute approximate surface area is 117 Å². The molecule has 0 bridgehead atoms. The van der Waals surface area contributed by atoms with E-state index in [2.05, 4.69) is 9.97 Å². The van der Waals surface area contributed by atoms with Crippen LogP contribution in [0.5, 0.6) is 0 Å². The monoisotopic (exact) mass is 271 g/mol. The van der Waals surface area contributed by atoms with Gasteiger partial charge in [0.05, 0.1) is 5.52 Å². The maximum atomic E-state index is 11.8. The average molecular weight is 271 g/mol. The second kappa shape index (κ2) is 5.42. The van der Waals surface area contributed by atoms with Gasteiger partial charge in [-0.05, 0) is 18.9 Å². The molecule has 104 valence electrons. The van der Waals surface area contributed by atoms with Gasteiger partial charge in [0.25, 0.3) is 0 Å². The van der Waals surface area contributed by atoms with Gasteiger partial charge in [0.15, 0.2) is 0 Å². The average Bonchev–Trinajstić information content (AvgIpc) is 2.48. The Morgan fingerprint density at radius 1 is 1.20 bits per heavy atom. The van der Waals surface area contributed by atoms with Gasteiger partial charge in [0.1, 0.15) is 0 Å². The van der Waals surface area contributed by atoms with Crippen LogP contribution >= 0.6 is 0 Å². The number of para-hydroxylation sites is 1. The third kappa shape index (κ3) is 2.42. The van der Waals surface area contributed by atoms with E-state index in [1.165, 1.54) is 11.4 Å². The third-order valence-electron chi connectivity index (χ3n) is 3.49. The van der Waals surface area contributed by atoms with E-state index in [1.807, 2.05) is 29.3 Å². The summed E-state index contributed by atoms with van der Waals surface area (Å²) in [5.74, 6) is 0.345. The lowest BCUT2D eigenvalue weighted by Gasteiger charge is -2.34. The quantitative estimate of drug-likeness (QED) is 0.905. The number of amides is 2. The predicted molar refractivity (Wildman–Crippen MR) is 77.0 cm³/mol. The molecule has 1 aliphatic rings. The topological polar surface area (TPSA) is 75.4 Å². The predicted octanol–water partition coefficient (Wildman–Crippen LogP) is 1.92. The van der Waals surface area contributed by atoms with Gasteiger partial charge in [-0.1, -0.05) is 24.6 Å². The van der Waals surface area contributed by atoms with Crippen molar-refractivity contribution in [3.8, 4) is 0 Å². The summed E-state index contributed by atoms with van der Waals surface area (Å²) in [4.78, 5) is 20.5. The Morgan fingerprint density at radius 2 is 1.95 bits per heavy atom. The first-order chi connectivity index (χ1) is 9.75. The number of primary amides is 1. The summed E-state index contributed by atoms with van der Waals surface area (Å²) in [6.45, 7) is 1.61. The summed E-state index contributed by atoms with van der Waals surface area (Å²) in [7, 11) is 0. The van der Waals surface area contributed by atoms with Crippen LogP contribution in [0.3, 0.4) is 0 Å². The number of piperidine rings is 1. The van der Waals surface area contributed by atoms with E-state index in [0.717, 1.165) is 36.8 Å². The van der Waals surface area contributed by atoms with Gasteiger partial charge >= 0.3 is 6.03 Å². The maximum Gasteiger partial charge on any atom is 0.336 e. The second-order valence-electron chi connectivity index (χ2n) is 4.89. The number of anilines is 1. The second-order valence-corrected chi connectivity index (χ2v) is 4.89. The molecule has 1 fully saturated rings. The number of hydrazine groups is 1. The number of carbonyl (C=O) groups is 1. The highest BCUT2D eigenvalue weighted by molar-refractivity contribution is 5.89. The van der Waals surface area contributed by atoms with Crippen LogP contribution in [0.2, 0.25) is 0 Å². The number of hydrogen-bond donors (Lipinski definition) is 1. The fourth-order valence-electron chi connectivity index (χ4n) is 2.51. The van der Waals surface area contributed by atoms with Crippen LogP contribution in [-0.2, 0) is 0 Å². The Morgan fingerprint density at radius 3 is 2.70 bits per heavy atom. The molecule has 2 amide bonds. The minimum Gasteiger partial charge on any atom is -0.350 e. The van der Waals surface area contributed by atoms with Crippen molar-refractivity contribution in [2.24, 2.45) is 5.73 Å². The van der Waals surface area contributed by atoms with Gasteiger partial charge in [-0.2, -0.15) is 5.01 Å². The van der Waals surface area contributed by atoms with Crippen molar-refractivity contribution in [2.75, 3.05) is 18.1 Å². The molecule has 1 aromatic carbocycles. The van der Waals surface area contributed by atoms with Crippen LogP contribution in [0.4, 0.5) is 10.7 Å². The molecule has 6 nitrogen and oxygen atoms in total. The van der Waals surface area contributed by atoms with Gasteiger partial charge in [-0.15, -0.1) is 0 Å². The van der Waals surface area contributed by atoms with E-state index in [9.17, 15) is 4.79 Å². The lowest BCUT2D eigenvalue weighted by molar-refractivity contribution is 0.194. The molecule has 3 rings (SSSR count). The van der Waals surface area contributed by atoms with Crippen LogP contribution in [0, 0.1) is 0 Å². The Bertz CT molecular complexity index is 624. The Kier molecular flexibility index (Phi) is 3.47. The van der Waals surface area contributed by atoms with Gasteiger partial charge in [-0.3, -0.25) is 0 Å². The van der Waals surface area contributed by atoms with Crippen molar-refractivity contribution in [1.29, 1.82) is 0 Å². The number of nitrogens with two attached hydrogens (primary N) is 1. The number of aromatic nitrogens is 2. The van der Waals surface area contributed by atoms with Crippen LogP contribution in [0.25, 0.3) is 10.9 Å². The van der Waals surface area contributed by atoms with Crippen molar-refractivity contribution >= 4 is 22.9 Å². The molecule has 0 unspecified atom stereocenters. The first-order valence-corrected chi connectivity index (χ1v) is 6.82. The highest BCUT2D eigenvalue weighted by atomic mass is 16.2. The number of fused-ring (bicyclic) bond motifs is 1. The van der Waals surface area contributed by atoms with E-state index < -0.39 is 6.03 Å². The summed E-state index contributed by atoms with van der Waals surface area (Å²) >= 11 is 0. The molecule has 0 aliphatic carbocycles. The van der Waals surface area contributed by atoms with Gasteiger partial charge in [0.2, 0.25) is 5.95 Å². The molecule has 6 heteroatoms. The van der Waals surface area contributed by atoms with Crippen molar-refractivity contribution in [3.05, 3.63) is 30.5 Å². The zero-order valence-electron chi connectivity index (χ0n) is 11.2. The summed E-state index contributed by atoms with van der Waals surface area (Å²) in [6.07, 6.45) is 5.01. The van der Waals surface area contributed by atoms with E-state index >= 15 is 0 Å². The SMILES string of the molecule is NC(=O)N(c1ncc2ccccc2n1)N1CCCCC1. The molecule has 1 saturated heterocycles. The molecule has 2 heterocycles. The van der Waals surface area contributed by atoms with Crippen LogP contribution in [0.15, 0.2) is 30.5 Å². The van der Waals surface area contributed by atoms with Gasteiger partial charge in [0, 0.05) is 24.7 Å². The van der Waals surface area contributed by atoms with E-state index in [1.54, 1.807) is 6.20 Å². The molecular formula is C14H17N5O. The van der Waals surface area contributed by atoms with Crippen molar-refractivity contribution in [1.82, 2.24) is 15.0 Å². The van der Waals surface area contributed by atoms with Crippen molar-refractivity contribution in [2.45, 2.75) is 19.3 Å². The first kappa shape index (κ1) is 12.8. The normalized spacial score (nSPS) is 16.2. The van der Waals surface area contributed by atoms with Crippen molar-refractivity contribution < 1.29 is 4.79 Å². The Hall–Kier alpha value is -2.21. The van der Waals surface area contributed by atoms with Gasteiger partial charge < -0.3 is 5.73 Å². The molecule has 0 spiro atoms. The minimum atomic E-state index is -0.540. The first-order valence-electron chi connectivity index (χ1n) is 6.82. The molecule has 0 radical (unpaired) electrons. The smallest absolute Gasteiger partial charge is 0.336 e. The largest absolute Gasteiger partial charge is 0.350 e. The zero-order valence-corrected chi connectivity index (χ0v) is 11.2. The number of nitrogens with zero attached hydrogens (tertiary/aromatic N) is 4. The lowest BCUT2D eigenvalue weighted by atomic mass is 10.2. The number of hydrogen-bond acceptors (Lipinski definition) is 4. The zero-order chi connectivity index (χ0) is 13.9. The number of benzene rings is 1. The molecule has 0 saturated carbocycles. The summed E-state index contributed by atoms with van der Waals surface area (Å²) in [5, 5.41) is 4.26. The molecule has 20 heavy (non-hydrogen) atoms. The molecule has 2 aromatic rings. The molecule has 2 N–H and O–H groups in total. The van der Waals surface area contributed by atoms with E-state index in [0.29, 0.717) is 5.95 Å².